The monoisotopic (exact) mass is 641 g/mol. The molecule has 7 nitrogen and oxygen atoms in total. The van der Waals surface area contributed by atoms with E-state index in [0.717, 1.165) is 17.3 Å². The first-order chi connectivity index (χ1) is 19.3. The van der Waals surface area contributed by atoms with Gasteiger partial charge < -0.3 is 19.3 Å². The normalized spacial score (nSPS) is 15.0. The number of thioether (sulfide) groups is 1. The molecule has 3 aromatic rings. The molecule has 10 heteroatoms. The highest BCUT2D eigenvalue weighted by Crippen LogP contribution is 2.42. The van der Waals surface area contributed by atoms with Crippen molar-refractivity contribution in [1.82, 2.24) is 0 Å². The highest BCUT2D eigenvalue weighted by atomic mass is 79.9. The number of nitrogens with zero attached hydrogens (tertiary/aromatic N) is 1. The van der Waals surface area contributed by atoms with Crippen LogP contribution in [0.1, 0.15) is 35.3 Å². The number of ether oxygens (including phenoxy) is 3. The Morgan fingerprint density at radius 2 is 1.75 bits per heavy atom. The molecule has 1 amide bonds. The molecular formula is C30H25BrClNO6S. The average molecular weight is 643 g/mol. The average Bonchev–Trinajstić information content (AvgIpc) is 3.23. The molecule has 0 saturated heterocycles. The van der Waals surface area contributed by atoms with Crippen LogP contribution in [0.25, 0.3) is 6.08 Å². The first-order valence-corrected chi connectivity index (χ1v) is 14.3. The van der Waals surface area contributed by atoms with E-state index in [4.69, 9.17) is 25.8 Å². The smallest absolute Gasteiger partial charge is 0.344 e. The molecule has 1 aliphatic rings. The van der Waals surface area contributed by atoms with Crippen LogP contribution in [0.5, 0.6) is 11.5 Å². The number of benzene rings is 3. The molecule has 0 bridgehead atoms. The fourth-order valence-corrected chi connectivity index (χ4v) is 5.54. The fourth-order valence-electron chi connectivity index (χ4n) is 3.73. The molecule has 4 rings (SSSR count). The Hall–Kier alpha value is -3.53. The summed E-state index contributed by atoms with van der Waals surface area (Å²) < 4.78 is 17.7. The minimum Gasteiger partial charge on any atom is -0.506 e. The number of hydrogen-bond donors (Lipinski definition) is 1. The van der Waals surface area contributed by atoms with Crippen LogP contribution in [-0.4, -0.2) is 35.2 Å². The molecule has 1 aliphatic heterocycles. The van der Waals surface area contributed by atoms with E-state index in [9.17, 15) is 14.7 Å². The molecule has 0 radical (unpaired) electrons. The van der Waals surface area contributed by atoms with Crippen molar-refractivity contribution in [3.8, 4) is 11.5 Å². The summed E-state index contributed by atoms with van der Waals surface area (Å²) in [4.78, 5) is 30.0. The van der Waals surface area contributed by atoms with E-state index in [0.29, 0.717) is 39.7 Å². The zero-order valence-electron chi connectivity index (χ0n) is 21.6. The molecule has 0 fully saturated rings. The van der Waals surface area contributed by atoms with Crippen molar-refractivity contribution in [3.05, 3.63) is 109 Å². The van der Waals surface area contributed by atoms with E-state index in [2.05, 4.69) is 20.9 Å². The molecular weight excluding hydrogens is 618 g/mol. The second kappa shape index (κ2) is 13.7. The number of amides is 1. The molecule has 40 heavy (non-hydrogen) atoms. The van der Waals surface area contributed by atoms with Crippen LogP contribution in [0.4, 0.5) is 0 Å². The van der Waals surface area contributed by atoms with Gasteiger partial charge >= 0.3 is 5.97 Å². The van der Waals surface area contributed by atoms with Gasteiger partial charge in [-0.3, -0.25) is 4.79 Å². The van der Waals surface area contributed by atoms with Crippen LogP contribution in [0.2, 0.25) is 5.02 Å². The van der Waals surface area contributed by atoms with E-state index in [-0.39, 0.29) is 33.6 Å². The van der Waals surface area contributed by atoms with Gasteiger partial charge in [0.05, 0.1) is 33.2 Å². The van der Waals surface area contributed by atoms with Crippen molar-refractivity contribution in [2.75, 3.05) is 13.2 Å². The lowest BCUT2D eigenvalue weighted by molar-refractivity contribution is -0.138. The SMILES string of the molecule is CCOC(=O)C1=C(O)/C(=C/c2cc(Br)c(OCc3ccccc3)c(OCC)c2)SC1=NC(=O)c1ccccc1Cl. The van der Waals surface area contributed by atoms with Crippen molar-refractivity contribution in [3.63, 3.8) is 0 Å². The third-order valence-electron chi connectivity index (χ3n) is 5.53. The van der Waals surface area contributed by atoms with Crippen LogP contribution in [0, 0.1) is 0 Å². The summed E-state index contributed by atoms with van der Waals surface area (Å²) in [5.41, 5.74) is 1.64. The van der Waals surface area contributed by atoms with Gasteiger partial charge in [-0.15, -0.1) is 0 Å². The first-order valence-electron chi connectivity index (χ1n) is 12.3. The number of aliphatic hydroxyl groups excluding tert-OH is 1. The molecule has 3 aromatic carbocycles. The quantitative estimate of drug-likeness (QED) is 0.238. The number of rotatable bonds is 9. The summed E-state index contributed by atoms with van der Waals surface area (Å²) in [6.07, 6.45) is 1.66. The lowest BCUT2D eigenvalue weighted by Crippen LogP contribution is -2.14. The van der Waals surface area contributed by atoms with Gasteiger partial charge in [0, 0.05) is 0 Å². The Labute approximate surface area is 249 Å². The van der Waals surface area contributed by atoms with Crippen molar-refractivity contribution in [1.29, 1.82) is 0 Å². The van der Waals surface area contributed by atoms with Gasteiger partial charge in [-0.1, -0.05) is 65.8 Å². The molecule has 0 atom stereocenters. The van der Waals surface area contributed by atoms with Crippen molar-refractivity contribution in [2.24, 2.45) is 4.99 Å². The molecule has 0 spiro atoms. The molecule has 1 heterocycles. The minimum absolute atomic E-state index is 0.0130. The van der Waals surface area contributed by atoms with Crippen LogP contribution < -0.4 is 9.47 Å². The fraction of sp³-hybridized carbons (Fsp3) is 0.167. The van der Waals surface area contributed by atoms with Gasteiger partial charge in [0.1, 0.15) is 23.0 Å². The van der Waals surface area contributed by atoms with E-state index in [1.165, 1.54) is 6.07 Å². The molecule has 0 aliphatic carbocycles. The van der Waals surface area contributed by atoms with Crippen LogP contribution in [-0.2, 0) is 16.1 Å². The van der Waals surface area contributed by atoms with Gasteiger partial charge in [0.15, 0.2) is 11.5 Å². The number of carbonyl (C=O) groups excluding carboxylic acids is 2. The molecule has 0 unspecified atom stereocenters. The largest absolute Gasteiger partial charge is 0.506 e. The van der Waals surface area contributed by atoms with Crippen LogP contribution >= 0.6 is 39.3 Å². The maximum absolute atomic E-state index is 12.9. The number of esters is 1. The summed E-state index contributed by atoms with van der Waals surface area (Å²) in [5.74, 6) is -0.744. The van der Waals surface area contributed by atoms with Crippen LogP contribution in [0.15, 0.2) is 92.4 Å². The lowest BCUT2D eigenvalue weighted by Gasteiger charge is -2.15. The summed E-state index contributed by atoms with van der Waals surface area (Å²) >= 11 is 10.7. The minimum atomic E-state index is -0.789. The van der Waals surface area contributed by atoms with E-state index in [1.54, 1.807) is 43.3 Å². The number of carbonyl (C=O) groups is 2. The van der Waals surface area contributed by atoms with Crippen molar-refractivity contribution >= 4 is 62.3 Å². The maximum Gasteiger partial charge on any atom is 0.344 e. The maximum atomic E-state index is 12.9. The Kier molecular flexibility index (Phi) is 10.1. The highest BCUT2D eigenvalue weighted by Gasteiger charge is 2.34. The van der Waals surface area contributed by atoms with Gasteiger partial charge in [0.2, 0.25) is 0 Å². The zero-order chi connectivity index (χ0) is 28.6. The topological polar surface area (TPSA) is 94.4 Å². The van der Waals surface area contributed by atoms with Gasteiger partial charge in [0.25, 0.3) is 5.91 Å². The Morgan fingerprint density at radius 3 is 2.45 bits per heavy atom. The van der Waals surface area contributed by atoms with Gasteiger partial charge in [-0.25, -0.2) is 9.79 Å². The Balaban J connectivity index is 1.69. The predicted octanol–water partition coefficient (Wildman–Crippen LogP) is 7.78. The zero-order valence-corrected chi connectivity index (χ0v) is 24.8. The summed E-state index contributed by atoms with van der Waals surface area (Å²) in [6, 6.07) is 19.8. The number of aliphatic hydroxyl groups is 1. The molecule has 0 aromatic heterocycles. The Morgan fingerprint density at radius 1 is 1.02 bits per heavy atom. The highest BCUT2D eigenvalue weighted by molar-refractivity contribution is 9.10. The van der Waals surface area contributed by atoms with Gasteiger partial charge in [-0.2, -0.15) is 0 Å². The van der Waals surface area contributed by atoms with E-state index < -0.39 is 11.9 Å². The number of aliphatic imine (C=N–C) groups is 1. The molecule has 206 valence electrons. The van der Waals surface area contributed by atoms with Gasteiger partial charge in [-0.05, 0) is 71.2 Å². The molecule has 1 N–H and O–H groups in total. The van der Waals surface area contributed by atoms with Crippen LogP contribution in [0.3, 0.4) is 0 Å². The third-order valence-corrected chi connectivity index (χ3v) is 7.47. The summed E-state index contributed by atoms with van der Waals surface area (Å²) in [5, 5.41) is 11.3. The first kappa shape index (κ1) is 29.5. The Bertz CT molecular complexity index is 1520. The lowest BCUT2D eigenvalue weighted by atomic mass is 10.1. The predicted molar refractivity (Wildman–Crippen MR) is 161 cm³/mol. The number of halogens is 2. The van der Waals surface area contributed by atoms with E-state index >= 15 is 0 Å². The standard InChI is InChI=1S/C30H25BrClNO6S/c1-3-37-23-15-19(14-21(31)27(23)39-17-18-10-6-5-7-11-18)16-24-26(34)25(30(36)38-4-2)29(40-24)33-28(35)20-12-8-9-13-22(20)32/h5-16,34H,3-4,17H2,1-2H3/b24-16-,33-29?. The van der Waals surface area contributed by atoms with Crippen molar-refractivity contribution < 1.29 is 28.9 Å². The summed E-state index contributed by atoms with van der Waals surface area (Å²) in [6.45, 7) is 4.35. The van der Waals surface area contributed by atoms with Crippen molar-refractivity contribution in [2.45, 2.75) is 20.5 Å². The molecule has 0 saturated carbocycles. The summed E-state index contributed by atoms with van der Waals surface area (Å²) in [7, 11) is 0. The second-order valence-electron chi connectivity index (χ2n) is 8.29. The third kappa shape index (κ3) is 6.96. The number of hydrogen-bond acceptors (Lipinski definition) is 7. The second-order valence-corrected chi connectivity index (χ2v) is 10.6. The van der Waals surface area contributed by atoms with E-state index in [1.807, 2.05) is 37.3 Å².